The van der Waals surface area contributed by atoms with Gasteiger partial charge in [0.2, 0.25) is 10.0 Å². The second kappa shape index (κ2) is 14.3. The molecule has 2 fully saturated rings. The highest BCUT2D eigenvalue weighted by atomic mass is 127. The van der Waals surface area contributed by atoms with E-state index in [-0.39, 0.29) is 0 Å². The van der Waals surface area contributed by atoms with Crippen molar-refractivity contribution in [3.05, 3.63) is 41.7 Å². The highest BCUT2D eigenvalue weighted by Crippen LogP contribution is 2.26. The standard InChI is InChI=1S/C13H18N2O.C6H12INO2S.C2H6/c1-11-10-13(4-2-3-7-14-15-11)12-5-8-16-9-6-12;1-11(9,10)8-4-2-6(7)3-5-8;1-2/h2-4,7,10,12,15H,5-6,8-9H2,1H3;6H,2-5H2,1H3;1-2H3. The van der Waals surface area contributed by atoms with E-state index in [1.54, 1.807) is 10.5 Å². The average Bonchev–Trinajstić information content (AvgIpc) is 2.82. The zero-order valence-corrected chi connectivity index (χ0v) is 21.1. The maximum absolute atomic E-state index is 11.0. The summed E-state index contributed by atoms with van der Waals surface area (Å²) in [5.74, 6) is 0.619. The van der Waals surface area contributed by atoms with Crippen molar-refractivity contribution in [3.63, 3.8) is 0 Å². The Bertz CT molecular complexity index is 724. The van der Waals surface area contributed by atoms with Crippen LogP contribution in [0, 0.1) is 6.92 Å². The molecule has 0 spiro atoms. The molecule has 0 aromatic carbocycles. The fourth-order valence-corrected chi connectivity index (χ4v) is 4.60. The van der Waals surface area contributed by atoms with Crippen molar-refractivity contribution in [1.29, 1.82) is 0 Å². The van der Waals surface area contributed by atoms with Crippen molar-refractivity contribution < 1.29 is 13.2 Å². The molecule has 166 valence electrons. The largest absolute Gasteiger partial charge is 0.381 e. The van der Waals surface area contributed by atoms with Gasteiger partial charge in [-0.3, -0.25) is 5.10 Å². The molecule has 6 nitrogen and oxygen atoms in total. The van der Waals surface area contributed by atoms with E-state index in [1.807, 2.05) is 32.9 Å². The predicted octanol–water partition coefficient (Wildman–Crippen LogP) is 4.61. The SMILES string of the molecule is CC.CS(=O)(=O)N1CCC(I)CC1.Cc1cc(C2CCOCC2)ccccn[nH]1. The lowest BCUT2D eigenvalue weighted by Gasteiger charge is -2.27. The number of rotatable bonds is 2. The highest BCUT2D eigenvalue weighted by molar-refractivity contribution is 14.1. The third-order valence-corrected chi connectivity index (χ3v) is 7.28. The van der Waals surface area contributed by atoms with Crippen molar-refractivity contribution in [2.75, 3.05) is 32.6 Å². The number of alkyl halides is 1. The molecule has 3 rings (SSSR count). The summed E-state index contributed by atoms with van der Waals surface area (Å²) in [6.07, 6.45) is 7.26. The van der Waals surface area contributed by atoms with Gasteiger partial charge in [-0.15, -0.1) is 0 Å². The van der Waals surface area contributed by atoms with Gasteiger partial charge in [-0.05, 0) is 56.2 Å². The van der Waals surface area contributed by atoms with Gasteiger partial charge in [0.05, 0.1) is 6.26 Å². The summed E-state index contributed by atoms with van der Waals surface area (Å²) in [6.45, 7) is 9.19. The second-order valence-electron chi connectivity index (χ2n) is 6.99. The van der Waals surface area contributed by atoms with Crippen LogP contribution in [0.25, 0.3) is 0 Å². The van der Waals surface area contributed by atoms with E-state index in [4.69, 9.17) is 4.74 Å². The summed E-state index contributed by atoms with van der Waals surface area (Å²) in [6, 6.07) is 8.35. The summed E-state index contributed by atoms with van der Waals surface area (Å²) in [5, 5.41) is 7.06. The van der Waals surface area contributed by atoms with Crippen LogP contribution in [0.4, 0.5) is 0 Å². The third-order valence-electron chi connectivity index (χ3n) is 4.73. The Morgan fingerprint density at radius 2 is 1.76 bits per heavy atom. The first-order chi connectivity index (χ1) is 13.9. The van der Waals surface area contributed by atoms with Gasteiger partial charge in [0.15, 0.2) is 0 Å². The lowest BCUT2D eigenvalue weighted by Crippen LogP contribution is -2.37. The van der Waals surface area contributed by atoms with Crippen LogP contribution >= 0.6 is 22.6 Å². The molecule has 1 aromatic heterocycles. The molecule has 1 aromatic rings. The van der Waals surface area contributed by atoms with Crippen LogP contribution in [0.15, 0.2) is 30.5 Å². The third kappa shape index (κ3) is 10.8. The van der Waals surface area contributed by atoms with Crippen molar-refractivity contribution in [2.45, 2.75) is 56.3 Å². The number of hydrogen-bond acceptors (Lipinski definition) is 4. The number of hydrogen-bond donors (Lipinski definition) is 1. The number of ether oxygens (including phenoxy) is 1. The zero-order valence-electron chi connectivity index (χ0n) is 18.1. The molecule has 3 heterocycles. The maximum Gasteiger partial charge on any atom is 0.211 e. The van der Waals surface area contributed by atoms with E-state index in [9.17, 15) is 8.42 Å². The molecule has 8 heteroatoms. The van der Waals surface area contributed by atoms with E-state index < -0.39 is 10.0 Å². The number of sulfonamides is 1. The van der Waals surface area contributed by atoms with E-state index in [1.165, 1.54) is 11.8 Å². The molecule has 0 aliphatic carbocycles. The first kappa shape index (κ1) is 26.3. The minimum atomic E-state index is -2.92. The summed E-state index contributed by atoms with van der Waals surface area (Å²) in [7, 11) is -2.92. The van der Waals surface area contributed by atoms with Crippen LogP contribution in [-0.4, -0.2) is 59.4 Å². The maximum atomic E-state index is 11.0. The minimum absolute atomic E-state index is 0.619. The average molecular weight is 538 g/mol. The summed E-state index contributed by atoms with van der Waals surface area (Å²) < 4.78 is 29.6. The van der Waals surface area contributed by atoms with Gasteiger partial charge in [-0.25, -0.2) is 12.7 Å². The van der Waals surface area contributed by atoms with Crippen molar-refractivity contribution in [1.82, 2.24) is 14.5 Å². The lowest BCUT2D eigenvalue weighted by atomic mass is 9.92. The Balaban J connectivity index is 0.000000284. The van der Waals surface area contributed by atoms with Gasteiger partial charge in [-0.2, -0.15) is 5.10 Å². The number of halogens is 1. The molecule has 0 unspecified atom stereocenters. The molecule has 1 N–H and O–H groups in total. The van der Waals surface area contributed by atoms with Crippen LogP contribution in [0.5, 0.6) is 0 Å². The molecular formula is C21H36IN3O3S. The summed E-state index contributed by atoms with van der Waals surface area (Å²) in [4.78, 5) is 0. The van der Waals surface area contributed by atoms with Crippen molar-refractivity contribution in [3.8, 4) is 0 Å². The smallest absolute Gasteiger partial charge is 0.211 e. The number of nitrogens with zero attached hydrogens (tertiary/aromatic N) is 2. The highest BCUT2D eigenvalue weighted by Gasteiger charge is 2.22. The van der Waals surface area contributed by atoms with Gasteiger partial charge in [0.25, 0.3) is 0 Å². The van der Waals surface area contributed by atoms with Crippen LogP contribution in [0.2, 0.25) is 0 Å². The number of aromatic nitrogens is 2. The van der Waals surface area contributed by atoms with Gasteiger partial charge < -0.3 is 4.74 Å². The molecule has 2 aliphatic rings. The molecule has 0 bridgehead atoms. The van der Waals surface area contributed by atoms with Crippen molar-refractivity contribution in [2.24, 2.45) is 0 Å². The predicted molar refractivity (Wildman–Crippen MR) is 129 cm³/mol. The zero-order chi connectivity index (χ0) is 21.7. The molecule has 2 aliphatic heterocycles. The second-order valence-corrected chi connectivity index (χ2v) is 10.7. The first-order valence-electron chi connectivity index (χ1n) is 10.4. The molecule has 0 radical (unpaired) electrons. The Labute approximate surface area is 190 Å². The quantitative estimate of drug-likeness (QED) is 0.442. The van der Waals surface area contributed by atoms with E-state index in [2.05, 4.69) is 44.9 Å². The molecule has 29 heavy (non-hydrogen) atoms. The molecule has 0 atom stereocenters. The van der Waals surface area contributed by atoms with Gasteiger partial charge >= 0.3 is 0 Å². The normalized spacial score (nSPS) is 18.5. The Kier molecular flexibility index (Phi) is 13.0. The van der Waals surface area contributed by atoms with E-state index >= 15 is 0 Å². The van der Waals surface area contributed by atoms with Gasteiger partial charge in [0, 0.05) is 42.1 Å². The summed E-state index contributed by atoms with van der Waals surface area (Å²) >= 11 is 2.37. The van der Waals surface area contributed by atoms with Crippen LogP contribution in [-0.2, 0) is 14.8 Å². The Morgan fingerprint density at radius 1 is 1.14 bits per heavy atom. The number of aromatic amines is 1. The molecular weight excluding hydrogens is 501 g/mol. The fourth-order valence-electron chi connectivity index (χ4n) is 3.17. The van der Waals surface area contributed by atoms with E-state index in [0.29, 0.717) is 22.9 Å². The van der Waals surface area contributed by atoms with Crippen LogP contribution in [0.3, 0.4) is 0 Å². The Hall–Kier alpha value is -0.710. The first-order valence-corrected chi connectivity index (χ1v) is 13.5. The number of H-pyrrole nitrogens is 1. The monoisotopic (exact) mass is 537 g/mol. The Morgan fingerprint density at radius 3 is 2.34 bits per heavy atom. The minimum Gasteiger partial charge on any atom is -0.381 e. The summed E-state index contributed by atoms with van der Waals surface area (Å²) in [5.41, 5.74) is 2.45. The number of nitrogens with one attached hydrogen (secondary N) is 1. The van der Waals surface area contributed by atoms with Crippen LogP contribution < -0.4 is 0 Å². The number of piperidine rings is 1. The molecule has 2 saturated heterocycles. The van der Waals surface area contributed by atoms with Crippen molar-refractivity contribution >= 4 is 32.6 Å². The molecule has 0 amide bonds. The lowest BCUT2D eigenvalue weighted by molar-refractivity contribution is 0.0853. The van der Waals surface area contributed by atoms with E-state index in [0.717, 1.165) is 44.6 Å². The molecule has 0 saturated carbocycles. The fraction of sp³-hybridized carbons (Fsp3) is 0.667. The van der Waals surface area contributed by atoms with Crippen LogP contribution in [0.1, 0.15) is 56.7 Å². The topological polar surface area (TPSA) is 75.3 Å². The van der Waals surface area contributed by atoms with Gasteiger partial charge in [0.1, 0.15) is 0 Å². The number of aryl methyl sites for hydroxylation is 1. The van der Waals surface area contributed by atoms with Gasteiger partial charge in [-0.1, -0.05) is 48.6 Å².